The van der Waals surface area contributed by atoms with Gasteiger partial charge in [0.1, 0.15) is 11.1 Å². The minimum atomic E-state index is -1.41. The Morgan fingerprint density at radius 2 is 2.00 bits per heavy atom. The maximum Gasteiger partial charge on any atom is 0.329 e. The van der Waals surface area contributed by atoms with Crippen molar-refractivity contribution in [2.75, 3.05) is 0 Å². The topological polar surface area (TPSA) is 99.3 Å². The molecular weight excluding hydrogens is 272 g/mol. The molecule has 0 fully saturated rings. The summed E-state index contributed by atoms with van der Waals surface area (Å²) in [5, 5.41) is 12.0. The number of para-hydroxylation sites is 1. The molecule has 3 N–H and O–H groups in total. The van der Waals surface area contributed by atoms with Gasteiger partial charge in [-0.2, -0.15) is 0 Å². The third-order valence-corrected chi connectivity index (χ3v) is 3.60. The molecule has 1 heterocycles. The molecular formula is C15H16N2O4. The van der Waals surface area contributed by atoms with Gasteiger partial charge in [-0.1, -0.05) is 19.1 Å². The van der Waals surface area contributed by atoms with Gasteiger partial charge in [0.2, 0.25) is 5.43 Å². The predicted octanol–water partition coefficient (Wildman–Crippen LogP) is 1.51. The van der Waals surface area contributed by atoms with E-state index in [1.807, 2.05) is 0 Å². The summed E-state index contributed by atoms with van der Waals surface area (Å²) >= 11 is 0. The molecule has 110 valence electrons. The number of hydrogen-bond acceptors (Lipinski definition) is 3. The van der Waals surface area contributed by atoms with Gasteiger partial charge in [0, 0.05) is 17.1 Å². The molecule has 0 aliphatic rings. The fourth-order valence-electron chi connectivity index (χ4n) is 1.95. The standard InChI is InChI=1S/C15H16N2O4/c1-3-15(2,14(20)21)17-13(19)10-8-16-11-7-5-4-6-9(11)12(10)18/h4-8H,3H2,1-2H3,(H,16,18)(H,17,19)(H,20,21). The van der Waals surface area contributed by atoms with Gasteiger partial charge in [0.25, 0.3) is 5.91 Å². The number of hydrogen-bond donors (Lipinski definition) is 3. The van der Waals surface area contributed by atoms with Crippen molar-refractivity contribution in [3.63, 3.8) is 0 Å². The Bertz CT molecular complexity index is 766. The molecule has 0 radical (unpaired) electrons. The number of amides is 1. The van der Waals surface area contributed by atoms with E-state index in [2.05, 4.69) is 10.3 Å². The number of carboxylic acid groups (broad SMARTS) is 1. The van der Waals surface area contributed by atoms with E-state index in [0.717, 1.165) is 0 Å². The summed E-state index contributed by atoms with van der Waals surface area (Å²) in [7, 11) is 0. The van der Waals surface area contributed by atoms with Crippen LogP contribution in [0.2, 0.25) is 0 Å². The zero-order chi connectivity index (χ0) is 15.6. The quantitative estimate of drug-likeness (QED) is 0.794. The van der Waals surface area contributed by atoms with Crippen molar-refractivity contribution in [3.05, 3.63) is 46.2 Å². The number of aromatic amines is 1. The molecule has 0 spiro atoms. The fourth-order valence-corrected chi connectivity index (χ4v) is 1.95. The Balaban J connectivity index is 2.43. The number of fused-ring (bicyclic) bond motifs is 1. The van der Waals surface area contributed by atoms with Gasteiger partial charge in [-0.15, -0.1) is 0 Å². The number of rotatable bonds is 4. The summed E-state index contributed by atoms with van der Waals surface area (Å²) in [6.07, 6.45) is 1.51. The van der Waals surface area contributed by atoms with E-state index < -0.39 is 22.8 Å². The highest BCUT2D eigenvalue weighted by atomic mass is 16.4. The van der Waals surface area contributed by atoms with Crippen molar-refractivity contribution in [2.24, 2.45) is 0 Å². The second-order valence-corrected chi connectivity index (χ2v) is 5.02. The summed E-state index contributed by atoms with van der Waals surface area (Å²) < 4.78 is 0. The van der Waals surface area contributed by atoms with Crippen molar-refractivity contribution >= 4 is 22.8 Å². The van der Waals surface area contributed by atoms with Crippen LogP contribution < -0.4 is 10.7 Å². The molecule has 0 aliphatic heterocycles. The van der Waals surface area contributed by atoms with Crippen molar-refractivity contribution in [2.45, 2.75) is 25.8 Å². The Morgan fingerprint density at radius 1 is 1.33 bits per heavy atom. The molecule has 0 saturated heterocycles. The summed E-state index contributed by atoms with van der Waals surface area (Å²) in [6, 6.07) is 6.82. The van der Waals surface area contributed by atoms with Gasteiger partial charge in [0.05, 0.1) is 0 Å². The van der Waals surface area contributed by atoms with Crippen molar-refractivity contribution in [1.82, 2.24) is 10.3 Å². The summed E-state index contributed by atoms with van der Waals surface area (Å²) in [4.78, 5) is 38.6. The maximum absolute atomic E-state index is 12.3. The number of carboxylic acids is 1. The molecule has 0 bridgehead atoms. The molecule has 1 amide bonds. The second kappa shape index (κ2) is 5.40. The number of aliphatic carboxylic acids is 1. The molecule has 2 aromatic rings. The molecule has 21 heavy (non-hydrogen) atoms. The number of pyridine rings is 1. The van der Waals surface area contributed by atoms with E-state index in [1.54, 1.807) is 31.2 Å². The smallest absolute Gasteiger partial charge is 0.329 e. The van der Waals surface area contributed by atoms with E-state index in [0.29, 0.717) is 10.9 Å². The van der Waals surface area contributed by atoms with Crippen molar-refractivity contribution < 1.29 is 14.7 Å². The lowest BCUT2D eigenvalue weighted by Crippen LogP contribution is -2.52. The first-order chi connectivity index (χ1) is 9.89. The highest BCUT2D eigenvalue weighted by molar-refractivity contribution is 5.99. The van der Waals surface area contributed by atoms with Gasteiger partial charge in [-0.25, -0.2) is 4.79 Å². The van der Waals surface area contributed by atoms with Crippen LogP contribution in [0, 0.1) is 0 Å². The first-order valence-corrected chi connectivity index (χ1v) is 6.55. The number of carbonyl (C=O) groups is 2. The fraction of sp³-hybridized carbons (Fsp3) is 0.267. The SMILES string of the molecule is CCC(C)(NC(=O)c1c[nH]c2ccccc2c1=O)C(=O)O. The lowest BCUT2D eigenvalue weighted by atomic mass is 9.98. The van der Waals surface area contributed by atoms with Crippen LogP contribution in [-0.4, -0.2) is 27.5 Å². The first-order valence-electron chi connectivity index (χ1n) is 6.55. The zero-order valence-electron chi connectivity index (χ0n) is 11.8. The van der Waals surface area contributed by atoms with E-state index >= 15 is 0 Å². The van der Waals surface area contributed by atoms with Gasteiger partial charge in [0.15, 0.2) is 0 Å². The summed E-state index contributed by atoms with van der Waals surface area (Å²) in [5.74, 6) is -1.84. The van der Waals surface area contributed by atoms with Crippen LogP contribution in [0.5, 0.6) is 0 Å². The van der Waals surface area contributed by atoms with Crippen LogP contribution in [-0.2, 0) is 4.79 Å². The number of carbonyl (C=O) groups excluding carboxylic acids is 1. The van der Waals surface area contributed by atoms with Crippen LogP contribution in [0.1, 0.15) is 30.6 Å². The molecule has 1 aromatic carbocycles. The van der Waals surface area contributed by atoms with Crippen LogP contribution >= 0.6 is 0 Å². The molecule has 0 saturated carbocycles. The largest absolute Gasteiger partial charge is 0.480 e. The third kappa shape index (κ3) is 2.65. The van der Waals surface area contributed by atoms with Crippen molar-refractivity contribution in [1.29, 1.82) is 0 Å². The van der Waals surface area contributed by atoms with Crippen LogP contribution in [0.3, 0.4) is 0 Å². The molecule has 1 aromatic heterocycles. The zero-order valence-corrected chi connectivity index (χ0v) is 11.8. The average molecular weight is 288 g/mol. The van der Waals surface area contributed by atoms with Crippen molar-refractivity contribution in [3.8, 4) is 0 Å². The predicted molar refractivity (Wildman–Crippen MR) is 78.4 cm³/mol. The molecule has 6 heteroatoms. The summed E-state index contributed by atoms with van der Waals surface area (Å²) in [5.41, 5.74) is -1.31. The minimum Gasteiger partial charge on any atom is -0.480 e. The molecule has 2 rings (SSSR count). The lowest BCUT2D eigenvalue weighted by molar-refractivity contribution is -0.143. The Labute approximate surface area is 120 Å². The minimum absolute atomic E-state index is 0.102. The second-order valence-electron chi connectivity index (χ2n) is 5.02. The summed E-state index contributed by atoms with van der Waals surface area (Å²) in [6.45, 7) is 3.06. The molecule has 6 nitrogen and oxygen atoms in total. The van der Waals surface area contributed by atoms with Gasteiger partial charge in [-0.3, -0.25) is 9.59 Å². The highest BCUT2D eigenvalue weighted by Crippen LogP contribution is 2.11. The number of nitrogens with one attached hydrogen (secondary N) is 2. The Morgan fingerprint density at radius 3 is 2.62 bits per heavy atom. The Kier molecular flexibility index (Phi) is 3.80. The Hall–Kier alpha value is -2.63. The monoisotopic (exact) mass is 288 g/mol. The van der Waals surface area contributed by atoms with Gasteiger partial charge < -0.3 is 15.4 Å². The number of aromatic nitrogens is 1. The maximum atomic E-state index is 12.3. The molecule has 1 unspecified atom stereocenters. The van der Waals surface area contributed by atoms with E-state index in [4.69, 9.17) is 5.11 Å². The van der Waals surface area contributed by atoms with Gasteiger partial charge >= 0.3 is 5.97 Å². The van der Waals surface area contributed by atoms with E-state index in [-0.39, 0.29) is 12.0 Å². The number of benzene rings is 1. The average Bonchev–Trinajstić information content (AvgIpc) is 2.47. The first kappa shape index (κ1) is 14.8. The molecule has 1 atom stereocenters. The van der Waals surface area contributed by atoms with Gasteiger partial charge in [-0.05, 0) is 25.5 Å². The van der Waals surface area contributed by atoms with E-state index in [1.165, 1.54) is 13.1 Å². The normalized spacial score (nSPS) is 13.6. The van der Waals surface area contributed by atoms with Crippen LogP contribution in [0.25, 0.3) is 10.9 Å². The third-order valence-electron chi connectivity index (χ3n) is 3.60. The highest BCUT2D eigenvalue weighted by Gasteiger charge is 2.33. The van der Waals surface area contributed by atoms with Crippen LogP contribution in [0.15, 0.2) is 35.3 Å². The lowest BCUT2D eigenvalue weighted by Gasteiger charge is -2.24. The van der Waals surface area contributed by atoms with E-state index in [9.17, 15) is 14.4 Å². The molecule has 0 aliphatic carbocycles. The van der Waals surface area contributed by atoms with Crippen LogP contribution in [0.4, 0.5) is 0 Å². The number of H-pyrrole nitrogens is 1.